The van der Waals surface area contributed by atoms with E-state index in [1.807, 2.05) is 24.3 Å². The number of hydrogen-bond donors (Lipinski definition) is 3. The highest BCUT2D eigenvalue weighted by molar-refractivity contribution is 6.01. The molecule has 1 aromatic carbocycles. The summed E-state index contributed by atoms with van der Waals surface area (Å²) in [5.74, 6) is -0.219. The molecule has 1 amide bonds. The zero-order chi connectivity index (χ0) is 14.8. The Morgan fingerprint density at radius 1 is 1.19 bits per heavy atom. The molecule has 0 fully saturated rings. The van der Waals surface area contributed by atoms with E-state index in [-0.39, 0.29) is 5.56 Å². The largest absolute Gasteiger partial charge is 0.397 e. The van der Waals surface area contributed by atoms with E-state index in [0.717, 1.165) is 16.5 Å². The molecule has 0 aliphatic carbocycles. The van der Waals surface area contributed by atoms with Crippen LogP contribution in [0.2, 0.25) is 0 Å². The highest BCUT2D eigenvalue weighted by atomic mass is 16.1. The maximum absolute atomic E-state index is 11.5. The average Bonchev–Trinajstić information content (AvgIpc) is 2.49. The van der Waals surface area contributed by atoms with Gasteiger partial charge in [-0.15, -0.1) is 0 Å². The summed E-state index contributed by atoms with van der Waals surface area (Å²) in [6, 6.07) is 9.18. The second-order valence-corrected chi connectivity index (χ2v) is 4.56. The predicted octanol–water partition coefficient (Wildman–Crippen LogP) is 2.05. The number of nitrogens with one attached hydrogen (secondary N) is 1. The fourth-order valence-corrected chi connectivity index (χ4v) is 2.12. The lowest BCUT2D eigenvalue weighted by molar-refractivity contribution is 0.100. The fraction of sp³-hybridized carbons (Fsp3) is 0. The number of primary amides is 1. The molecule has 104 valence electrons. The van der Waals surface area contributed by atoms with Crippen molar-refractivity contribution in [3.8, 4) is 0 Å². The molecule has 0 aliphatic heterocycles. The third-order valence-electron chi connectivity index (χ3n) is 3.11. The van der Waals surface area contributed by atoms with E-state index < -0.39 is 5.91 Å². The highest BCUT2D eigenvalue weighted by Gasteiger charge is 2.11. The van der Waals surface area contributed by atoms with Crippen LogP contribution in [-0.2, 0) is 0 Å². The number of anilines is 3. The van der Waals surface area contributed by atoms with Gasteiger partial charge in [-0.3, -0.25) is 9.78 Å². The molecule has 3 aromatic rings. The van der Waals surface area contributed by atoms with Gasteiger partial charge in [0, 0.05) is 23.5 Å². The van der Waals surface area contributed by atoms with Gasteiger partial charge in [-0.1, -0.05) is 12.1 Å². The van der Waals surface area contributed by atoms with Gasteiger partial charge in [0.05, 0.1) is 17.4 Å². The molecular weight excluding hydrogens is 266 g/mol. The van der Waals surface area contributed by atoms with Gasteiger partial charge in [0.15, 0.2) is 0 Å². The Kier molecular flexibility index (Phi) is 3.12. The number of nitrogens with two attached hydrogens (primary N) is 2. The van der Waals surface area contributed by atoms with E-state index in [4.69, 9.17) is 11.5 Å². The molecule has 0 saturated heterocycles. The van der Waals surface area contributed by atoms with Gasteiger partial charge in [-0.05, 0) is 23.6 Å². The Bertz CT molecular complexity index is 826. The van der Waals surface area contributed by atoms with Crippen molar-refractivity contribution in [2.45, 2.75) is 0 Å². The van der Waals surface area contributed by atoms with E-state index in [0.29, 0.717) is 11.5 Å². The average molecular weight is 279 g/mol. The van der Waals surface area contributed by atoms with E-state index in [1.165, 1.54) is 12.3 Å². The number of fused-ring (bicyclic) bond motifs is 1. The Morgan fingerprint density at radius 2 is 2.05 bits per heavy atom. The molecule has 0 saturated carbocycles. The SMILES string of the molecule is NC(=O)c1cc(N)cnc1Nc1cccc2ccncc12. The standard InChI is InChI=1S/C15H13N5O/c16-10-6-11(14(17)21)15(19-7-10)20-13-3-1-2-9-4-5-18-8-12(9)13/h1-8H,16H2,(H2,17,21)(H,19,20). The number of rotatable bonds is 3. The van der Waals surface area contributed by atoms with Crippen LogP contribution in [0.3, 0.4) is 0 Å². The van der Waals surface area contributed by atoms with Crippen LogP contribution in [0.5, 0.6) is 0 Å². The van der Waals surface area contributed by atoms with E-state index in [1.54, 1.807) is 12.4 Å². The lowest BCUT2D eigenvalue weighted by Crippen LogP contribution is -2.14. The number of nitrogens with zero attached hydrogens (tertiary/aromatic N) is 2. The lowest BCUT2D eigenvalue weighted by atomic mass is 10.1. The first-order valence-corrected chi connectivity index (χ1v) is 6.30. The molecule has 0 aliphatic rings. The second-order valence-electron chi connectivity index (χ2n) is 4.56. The zero-order valence-corrected chi connectivity index (χ0v) is 11.1. The second kappa shape index (κ2) is 5.09. The maximum Gasteiger partial charge on any atom is 0.252 e. The lowest BCUT2D eigenvalue weighted by Gasteiger charge is -2.11. The summed E-state index contributed by atoms with van der Waals surface area (Å²) in [6.45, 7) is 0. The molecule has 0 spiro atoms. The first kappa shape index (κ1) is 12.9. The third-order valence-corrected chi connectivity index (χ3v) is 3.11. The molecule has 2 heterocycles. The predicted molar refractivity (Wildman–Crippen MR) is 82.2 cm³/mol. The quantitative estimate of drug-likeness (QED) is 0.680. The van der Waals surface area contributed by atoms with Gasteiger partial charge in [-0.25, -0.2) is 4.98 Å². The van der Waals surface area contributed by atoms with Crippen molar-refractivity contribution in [2.75, 3.05) is 11.1 Å². The molecule has 0 bridgehead atoms. The highest BCUT2D eigenvalue weighted by Crippen LogP contribution is 2.26. The number of carbonyl (C=O) groups is 1. The summed E-state index contributed by atoms with van der Waals surface area (Å²) < 4.78 is 0. The van der Waals surface area contributed by atoms with Crippen molar-refractivity contribution in [3.05, 3.63) is 54.5 Å². The van der Waals surface area contributed by atoms with Crippen molar-refractivity contribution in [2.24, 2.45) is 5.73 Å². The van der Waals surface area contributed by atoms with Crippen LogP contribution >= 0.6 is 0 Å². The van der Waals surface area contributed by atoms with Crippen LogP contribution in [0, 0.1) is 0 Å². The van der Waals surface area contributed by atoms with Crippen LogP contribution in [0.4, 0.5) is 17.2 Å². The van der Waals surface area contributed by atoms with Gasteiger partial charge in [0.1, 0.15) is 5.82 Å². The Labute approximate surface area is 120 Å². The molecule has 3 rings (SSSR count). The summed E-state index contributed by atoms with van der Waals surface area (Å²) in [7, 11) is 0. The molecule has 0 unspecified atom stereocenters. The van der Waals surface area contributed by atoms with Crippen molar-refractivity contribution < 1.29 is 4.79 Å². The summed E-state index contributed by atoms with van der Waals surface area (Å²) in [4.78, 5) is 19.8. The fourth-order valence-electron chi connectivity index (χ4n) is 2.12. The van der Waals surface area contributed by atoms with Gasteiger partial charge in [-0.2, -0.15) is 0 Å². The van der Waals surface area contributed by atoms with E-state index >= 15 is 0 Å². The first-order chi connectivity index (χ1) is 10.1. The number of pyridine rings is 2. The smallest absolute Gasteiger partial charge is 0.252 e. The van der Waals surface area contributed by atoms with E-state index in [9.17, 15) is 4.79 Å². The topological polar surface area (TPSA) is 107 Å². The summed E-state index contributed by atoms with van der Waals surface area (Å²) in [5, 5.41) is 5.08. The minimum Gasteiger partial charge on any atom is -0.397 e. The summed E-state index contributed by atoms with van der Waals surface area (Å²) in [6.07, 6.45) is 4.94. The van der Waals surface area contributed by atoms with Crippen LogP contribution in [0.15, 0.2) is 48.9 Å². The van der Waals surface area contributed by atoms with Gasteiger partial charge in [0.25, 0.3) is 5.91 Å². The Hall–Kier alpha value is -3.15. The zero-order valence-electron chi connectivity index (χ0n) is 11.1. The van der Waals surface area contributed by atoms with Gasteiger partial charge >= 0.3 is 0 Å². The summed E-state index contributed by atoms with van der Waals surface area (Å²) in [5.41, 5.74) is 12.4. The molecule has 0 radical (unpaired) electrons. The molecule has 6 heteroatoms. The van der Waals surface area contributed by atoms with Gasteiger partial charge in [0.2, 0.25) is 0 Å². The number of hydrogen-bond acceptors (Lipinski definition) is 5. The van der Waals surface area contributed by atoms with Gasteiger partial charge < -0.3 is 16.8 Å². The minimum atomic E-state index is -0.587. The van der Waals surface area contributed by atoms with Crippen molar-refractivity contribution in [3.63, 3.8) is 0 Å². The van der Waals surface area contributed by atoms with E-state index in [2.05, 4.69) is 15.3 Å². The van der Waals surface area contributed by atoms with Crippen LogP contribution < -0.4 is 16.8 Å². The molecule has 21 heavy (non-hydrogen) atoms. The molecule has 2 aromatic heterocycles. The Morgan fingerprint density at radius 3 is 2.86 bits per heavy atom. The first-order valence-electron chi connectivity index (χ1n) is 6.30. The van der Waals surface area contributed by atoms with Crippen molar-refractivity contribution >= 4 is 33.9 Å². The normalized spacial score (nSPS) is 10.5. The molecule has 0 atom stereocenters. The molecule has 5 N–H and O–H groups in total. The monoisotopic (exact) mass is 279 g/mol. The molecular formula is C15H13N5O. The maximum atomic E-state index is 11.5. The molecule has 6 nitrogen and oxygen atoms in total. The number of aromatic nitrogens is 2. The number of benzene rings is 1. The van der Waals surface area contributed by atoms with Crippen LogP contribution in [0.1, 0.15) is 10.4 Å². The van der Waals surface area contributed by atoms with Crippen LogP contribution in [0.25, 0.3) is 10.8 Å². The number of carbonyl (C=O) groups excluding carboxylic acids is 1. The van der Waals surface area contributed by atoms with Crippen molar-refractivity contribution in [1.29, 1.82) is 0 Å². The number of nitrogen functional groups attached to an aromatic ring is 1. The Balaban J connectivity index is 2.09. The third kappa shape index (κ3) is 2.46. The summed E-state index contributed by atoms with van der Waals surface area (Å²) >= 11 is 0. The minimum absolute atomic E-state index is 0.246. The van der Waals surface area contributed by atoms with Crippen molar-refractivity contribution in [1.82, 2.24) is 9.97 Å². The number of amides is 1. The van der Waals surface area contributed by atoms with Crippen LogP contribution in [-0.4, -0.2) is 15.9 Å².